The Bertz CT molecular complexity index is 1310. The highest BCUT2D eigenvalue weighted by Gasteiger charge is 2.51. The molecule has 2 heterocycles. The van der Waals surface area contributed by atoms with Crippen molar-refractivity contribution in [2.24, 2.45) is 5.92 Å². The second-order valence-electron chi connectivity index (χ2n) is 10.5. The van der Waals surface area contributed by atoms with Crippen molar-refractivity contribution in [3.05, 3.63) is 70.6 Å². The van der Waals surface area contributed by atoms with Crippen LogP contribution in [0.4, 0.5) is 4.39 Å². The topological polar surface area (TPSA) is 138 Å². The molecule has 5 rings (SSSR count). The molecule has 4 N–H and O–H groups in total. The van der Waals surface area contributed by atoms with Gasteiger partial charge in [-0.1, -0.05) is 12.1 Å². The van der Waals surface area contributed by atoms with E-state index >= 15 is 0 Å². The molecular weight excluding hydrogens is 535 g/mol. The summed E-state index contributed by atoms with van der Waals surface area (Å²) >= 11 is 0. The van der Waals surface area contributed by atoms with Crippen LogP contribution in [0, 0.1) is 11.7 Å². The highest BCUT2D eigenvalue weighted by Crippen LogP contribution is 2.51. The third-order valence-corrected chi connectivity index (χ3v) is 7.95. The van der Waals surface area contributed by atoms with E-state index in [-0.39, 0.29) is 50.2 Å². The predicted molar refractivity (Wildman–Crippen MR) is 145 cm³/mol. The molecule has 11 heteroatoms. The second-order valence-corrected chi connectivity index (χ2v) is 10.5. The van der Waals surface area contributed by atoms with Crippen molar-refractivity contribution in [2.75, 3.05) is 40.0 Å². The summed E-state index contributed by atoms with van der Waals surface area (Å²) in [5, 5.41) is 33.6. The minimum atomic E-state index is -1.23. The Morgan fingerprint density at radius 1 is 1.20 bits per heavy atom. The summed E-state index contributed by atoms with van der Waals surface area (Å²) in [5.41, 5.74) is 2.07. The highest BCUT2D eigenvalue weighted by molar-refractivity contribution is 5.96. The molecule has 0 saturated carbocycles. The normalized spacial score (nSPS) is 24.6. The Morgan fingerprint density at radius 2 is 2.02 bits per heavy atom. The van der Waals surface area contributed by atoms with Gasteiger partial charge in [0.15, 0.2) is 11.5 Å². The standard InChI is InChI=1S/C30H35FN2O8/c1-39-24-13-18(15-35)12-21-25-22(29(37)32-7-9-34)14-23(26(36)28(25)41-27(21)24)33(30(38)19-6-10-40-16-19)8-5-17-3-2-4-20(31)11-17/h2-4,11-14,19,23,25-26,28,34-36H,5-10,15-16H2,1H3,(H,32,37). The summed E-state index contributed by atoms with van der Waals surface area (Å²) in [4.78, 5) is 28.8. The average Bonchev–Trinajstić information content (AvgIpc) is 3.65. The Labute approximate surface area is 237 Å². The maximum Gasteiger partial charge on any atom is 0.247 e. The first-order chi connectivity index (χ1) is 19.9. The van der Waals surface area contributed by atoms with E-state index in [0.717, 1.165) is 0 Å². The van der Waals surface area contributed by atoms with Gasteiger partial charge in [0.05, 0.1) is 44.8 Å². The van der Waals surface area contributed by atoms with Gasteiger partial charge in [-0.05, 0) is 54.3 Å². The molecule has 0 bridgehead atoms. The Balaban J connectivity index is 1.55. The van der Waals surface area contributed by atoms with Crippen molar-refractivity contribution in [1.82, 2.24) is 10.2 Å². The van der Waals surface area contributed by atoms with Gasteiger partial charge in [-0.3, -0.25) is 9.59 Å². The van der Waals surface area contributed by atoms with Gasteiger partial charge in [-0.15, -0.1) is 0 Å². The van der Waals surface area contributed by atoms with Gasteiger partial charge < -0.3 is 39.7 Å². The smallest absolute Gasteiger partial charge is 0.247 e. The lowest BCUT2D eigenvalue weighted by Gasteiger charge is -2.41. The monoisotopic (exact) mass is 570 g/mol. The number of benzene rings is 2. The van der Waals surface area contributed by atoms with Crippen LogP contribution in [0.1, 0.15) is 29.0 Å². The molecule has 220 valence electrons. The fourth-order valence-electron chi connectivity index (χ4n) is 5.93. The first-order valence-electron chi connectivity index (χ1n) is 13.8. The molecule has 1 fully saturated rings. The maximum absolute atomic E-state index is 13.9. The third kappa shape index (κ3) is 5.80. The molecule has 0 spiro atoms. The van der Waals surface area contributed by atoms with E-state index in [1.807, 2.05) is 0 Å². The molecule has 2 amide bonds. The van der Waals surface area contributed by atoms with Crippen LogP contribution in [0.2, 0.25) is 0 Å². The minimum absolute atomic E-state index is 0.0100. The van der Waals surface area contributed by atoms with Crippen LogP contribution < -0.4 is 14.8 Å². The van der Waals surface area contributed by atoms with Crippen LogP contribution in [-0.4, -0.2) is 90.3 Å². The van der Waals surface area contributed by atoms with Gasteiger partial charge >= 0.3 is 0 Å². The lowest BCUT2D eigenvalue weighted by Crippen LogP contribution is -2.57. The van der Waals surface area contributed by atoms with Gasteiger partial charge in [-0.25, -0.2) is 4.39 Å². The van der Waals surface area contributed by atoms with Crippen LogP contribution in [0.3, 0.4) is 0 Å². The predicted octanol–water partition coefficient (Wildman–Crippen LogP) is 1.06. The van der Waals surface area contributed by atoms with Gasteiger partial charge in [0, 0.05) is 30.8 Å². The summed E-state index contributed by atoms with van der Waals surface area (Å²) in [6.45, 7) is 0.326. The summed E-state index contributed by atoms with van der Waals surface area (Å²) in [7, 11) is 1.46. The third-order valence-electron chi connectivity index (χ3n) is 7.95. The summed E-state index contributed by atoms with van der Waals surface area (Å²) < 4.78 is 31.1. The zero-order valence-electron chi connectivity index (χ0n) is 22.8. The number of hydrogen-bond acceptors (Lipinski definition) is 8. The van der Waals surface area contributed by atoms with Crippen molar-refractivity contribution >= 4 is 11.8 Å². The van der Waals surface area contributed by atoms with E-state index in [0.29, 0.717) is 47.6 Å². The van der Waals surface area contributed by atoms with E-state index in [4.69, 9.17) is 14.2 Å². The van der Waals surface area contributed by atoms with Crippen LogP contribution in [0.5, 0.6) is 11.5 Å². The van der Waals surface area contributed by atoms with E-state index in [2.05, 4.69) is 5.32 Å². The quantitative estimate of drug-likeness (QED) is 0.333. The number of carbonyl (C=O) groups is 2. The van der Waals surface area contributed by atoms with Crippen molar-refractivity contribution in [3.8, 4) is 11.5 Å². The van der Waals surface area contributed by atoms with Gasteiger partial charge in [0.2, 0.25) is 11.8 Å². The summed E-state index contributed by atoms with van der Waals surface area (Å²) in [6, 6.07) is 8.52. The Hall–Kier alpha value is -3.51. The van der Waals surface area contributed by atoms with Crippen molar-refractivity contribution in [3.63, 3.8) is 0 Å². The van der Waals surface area contributed by atoms with E-state index in [9.17, 15) is 29.3 Å². The van der Waals surface area contributed by atoms with E-state index in [1.54, 1.807) is 30.3 Å². The number of hydrogen-bond donors (Lipinski definition) is 4. The molecule has 0 aromatic heterocycles. The maximum atomic E-state index is 13.9. The zero-order valence-corrected chi connectivity index (χ0v) is 22.8. The lowest BCUT2D eigenvalue weighted by molar-refractivity contribution is -0.141. The number of fused-ring (bicyclic) bond motifs is 3. The molecule has 1 saturated heterocycles. The molecule has 2 aromatic rings. The number of rotatable bonds is 10. The van der Waals surface area contributed by atoms with E-state index < -0.39 is 36.0 Å². The molecular formula is C30H35FN2O8. The SMILES string of the molecule is COc1cc(CO)cc2c1OC1C2C(C(=O)NCCO)=CC(N(CCc2cccc(F)c2)C(=O)C2CCOC2)C1O. The van der Waals surface area contributed by atoms with Gasteiger partial charge in [0.1, 0.15) is 18.0 Å². The molecule has 41 heavy (non-hydrogen) atoms. The largest absolute Gasteiger partial charge is 0.493 e. The number of amides is 2. The molecule has 1 aliphatic carbocycles. The van der Waals surface area contributed by atoms with Crippen LogP contribution in [0.15, 0.2) is 48.0 Å². The number of carbonyl (C=O) groups excluding carboxylic acids is 2. The van der Waals surface area contributed by atoms with Crippen molar-refractivity contribution in [1.29, 1.82) is 0 Å². The van der Waals surface area contributed by atoms with Crippen LogP contribution >= 0.6 is 0 Å². The number of aliphatic hydroxyl groups is 3. The van der Waals surface area contributed by atoms with Crippen LogP contribution in [0.25, 0.3) is 0 Å². The molecule has 2 aliphatic heterocycles. The number of aliphatic hydroxyl groups excluding tert-OH is 3. The zero-order chi connectivity index (χ0) is 29.1. The Kier molecular flexibility index (Phi) is 8.88. The van der Waals surface area contributed by atoms with E-state index in [1.165, 1.54) is 24.1 Å². The average molecular weight is 571 g/mol. The van der Waals surface area contributed by atoms with Gasteiger partial charge in [0.25, 0.3) is 0 Å². The van der Waals surface area contributed by atoms with Crippen molar-refractivity contribution < 1.29 is 43.5 Å². The first-order valence-corrected chi connectivity index (χ1v) is 13.8. The van der Waals surface area contributed by atoms with Crippen molar-refractivity contribution in [2.45, 2.75) is 43.6 Å². The molecule has 2 aromatic carbocycles. The fraction of sp³-hybridized carbons (Fsp3) is 0.467. The molecule has 0 radical (unpaired) electrons. The highest BCUT2D eigenvalue weighted by atomic mass is 19.1. The molecule has 5 atom stereocenters. The molecule has 3 aliphatic rings. The second kappa shape index (κ2) is 12.6. The molecule has 10 nitrogen and oxygen atoms in total. The number of halogens is 1. The lowest BCUT2D eigenvalue weighted by atomic mass is 9.77. The number of ether oxygens (including phenoxy) is 3. The number of nitrogens with one attached hydrogen (secondary N) is 1. The fourth-order valence-corrected chi connectivity index (χ4v) is 5.93. The summed E-state index contributed by atoms with van der Waals surface area (Å²) in [5.74, 6) is -1.53. The number of nitrogens with zero attached hydrogens (tertiary/aromatic N) is 1. The minimum Gasteiger partial charge on any atom is -0.493 e. The first kappa shape index (κ1) is 29.0. The summed E-state index contributed by atoms with van der Waals surface area (Å²) in [6.07, 6.45) is 0.267. The van der Waals surface area contributed by atoms with Crippen LogP contribution in [-0.2, 0) is 27.4 Å². The van der Waals surface area contributed by atoms with Gasteiger partial charge in [-0.2, -0.15) is 0 Å². The molecule has 5 unspecified atom stereocenters. The Morgan fingerprint density at radius 3 is 2.71 bits per heavy atom. The number of methoxy groups -OCH3 is 1.